The maximum Gasteiger partial charge on any atom is 0.338 e. The number of ether oxygens (including phenoxy) is 1. The number of carbonyl (C=O) groups is 1. The summed E-state index contributed by atoms with van der Waals surface area (Å²) in [5.41, 5.74) is 2.68. The topological polar surface area (TPSA) is 31.2 Å². The second-order valence-corrected chi connectivity index (χ2v) is 4.48. The molecule has 1 heterocycles. The molecule has 1 aromatic heterocycles. The highest BCUT2D eigenvalue weighted by Crippen LogP contribution is 2.24. The summed E-state index contributed by atoms with van der Waals surface area (Å²) in [5, 5.41) is 0.912. The lowest BCUT2D eigenvalue weighted by Gasteiger charge is -2.07. The molecule has 0 aliphatic heterocycles. The van der Waals surface area contributed by atoms with E-state index in [4.69, 9.17) is 4.74 Å². The SMILES string of the molecule is CCOC(=O)c1cccc2c1ccn2-c1ccccc1. The maximum absolute atomic E-state index is 12.0. The van der Waals surface area contributed by atoms with Crippen LogP contribution in [0, 0.1) is 0 Å². The van der Waals surface area contributed by atoms with E-state index in [0.29, 0.717) is 12.2 Å². The van der Waals surface area contributed by atoms with Gasteiger partial charge in [0.2, 0.25) is 0 Å². The number of para-hydroxylation sites is 1. The van der Waals surface area contributed by atoms with E-state index in [0.717, 1.165) is 16.6 Å². The molecule has 0 unspecified atom stereocenters. The highest BCUT2D eigenvalue weighted by Gasteiger charge is 2.13. The first-order valence-electron chi connectivity index (χ1n) is 6.64. The van der Waals surface area contributed by atoms with Crippen molar-refractivity contribution < 1.29 is 9.53 Å². The number of aromatic nitrogens is 1. The molecule has 0 atom stereocenters. The summed E-state index contributed by atoms with van der Waals surface area (Å²) in [5.74, 6) is -0.274. The Morgan fingerprint density at radius 3 is 2.60 bits per heavy atom. The number of nitrogens with zero attached hydrogens (tertiary/aromatic N) is 1. The van der Waals surface area contributed by atoms with Crippen LogP contribution >= 0.6 is 0 Å². The first-order chi connectivity index (χ1) is 9.81. The molecule has 0 aliphatic rings. The fourth-order valence-electron chi connectivity index (χ4n) is 2.37. The highest BCUT2D eigenvalue weighted by atomic mass is 16.5. The smallest absolute Gasteiger partial charge is 0.338 e. The van der Waals surface area contributed by atoms with Gasteiger partial charge in [0.15, 0.2) is 0 Å². The largest absolute Gasteiger partial charge is 0.462 e. The number of esters is 1. The van der Waals surface area contributed by atoms with Gasteiger partial charge in [-0.05, 0) is 37.3 Å². The minimum absolute atomic E-state index is 0.274. The molecule has 100 valence electrons. The number of hydrogen-bond acceptors (Lipinski definition) is 2. The number of benzene rings is 2. The average Bonchev–Trinajstić information content (AvgIpc) is 2.92. The van der Waals surface area contributed by atoms with Crippen LogP contribution in [-0.4, -0.2) is 17.1 Å². The predicted octanol–water partition coefficient (Wildman–Crippen LogP) is 3.81. The molecule has 0 saturated heterocycles. The van der Waals surface area contributed by atoms with Crippen molar-refractivity contribution in [2.24, 2.45) is 0 Å². The monoisotopic (exact) mass is 265 g/mol. The Morgan fingerprint density at radius 2 is 1.85 bits per heavy atom. The third-order valence-electron chi connectivity index (χ3n) is 3.26. The molecule has 0 saturated carbocycles. The van der Waals surface area contributed by atoms with E-state index in [1.807, 2.05) is 61.7 Å². The number of hydrogen-bond donors (Lipinski definition) is 0. The Labute approximate surface area is 117 Å². The number of carbonyl (C=O) groups excluding carboxylic acids is 1. The van der Waals surface area contributed by atoms with Crippen molar-refractivity contribution in [3.63, 3.8) is 0 Å². The lowest BCUT2D eigenvalue weighted by atomic mass is 10.1. The van der Waals surface area contributed by atoms with Gasteiger partial charge in [-0.2, -0.15) is 0 Å². The van der Waals surface area contributed by atoms with Crippen molar-refractivity contribution in [2.75, 3.05) is 6.61 Å². The van der Waals surface area contributed by atoms with Crippen LogP contribution < -0.4 is 0 Å². The molecule has 0 N–H and O–H groups in total. The molecule has 0 spiro atoms. The van der Waals surface area contributed by atoms with Gasteiger partial charge in [-0.25, -0.2) is 4.79 Å². The molecule has 3 aromatic rings. The van der Waals surface area contributed by atoms with Gasteiger partial charge in [-0.1, -0.05) is 24.3 Å². The quantitative estimate of drug-likeness (QED) is 0.674. The van der Waals surface area contributed by atoms with Crippen LogP contribution in [0.4, 0.5) is 0 Å². The van der Waals surface area contributed by atoms with E-state index in [2.05, 4.69) is 4.57 Å². The fraction of sp³-hybridized carbons (Fsp3) is 0.118. The molecule has 0 radical (unpaired) electrons. The molecule has 3 nitrogen and oxygen atoms in total. The van der Waals surface area contributed by atoms with Gasteiger partial charge in [0.1, 0.15) is 0 Å². The highest BCUT2D eigenvalue weighted by molar-refractivity contribution is 6.04. The first-order valence-corrected chi connectivity index (χ1v) is 6.64. The van der Waals surface area contributed by atoms with Crippen LogP contribution in [-0.2, 0) is 4.74 Å². The summed E-state index contributed by atoms with van der Waals surface area (Å²) in [7, 11) is 0. The second kappa shape index (κ2) is 5.21. The second-order valence-electron chi connectivity index (χ2n) is 4.48. The van der Waals surface area contributed by atoms with Gasteiger partial charge < -0.3 is 9.30 Å². The third kappa shape index (κ3) is 2.07. The summed E-state index contributed by atoms with van der Waals surface area (Å²) in [6.45, 7) is 2.20. The van der Waals surface area contributed by atoms with E-state index in [-0.39, 0.29) is 5.97 Å². The van der Waals surface area contributed by atoms with E-state index in [9.17, 15) is 4.79 Å². The zero-order valence-electron chi connectivity index (χ0n) is 11.2. The summed E-state index contributed by atoms with van der Waals surface area (Å²) in [6, 6.07) is 17.7. The standard InChI is InChI=1S/C17H15NO2/c1-2-20-17(19)15-9-6-10-16-14(15)11-12-18(16)13-7-4-3-5-8-13/h3-12H,2H2,1H3. The fourth-order valence-corrected chi connectivity index (χ4v) is 2.37. The zero-order valence-corrected chi connectivity index (χ0v) is 11.2. The Morgan fingerprint density at radius 1 is 1.05 bits per heavy atom. The molecule has 0 fully saturated rings. The van der Waals surface area contributed by atoms with Crippen molar-refractivity contribution in [1.29, 1.82) is 0 Å². The molecule has 0 bridgehead atoms. The van der Waals surface area contributed by atoms with Gasteiger partial charge >= 0.3 is 5.97 Å². The van der Waals surface area contributed by atoms with Crippen LogP contribution in [0.1, 0.15) is 17.3 Å². The average molecular weight is 265 g/mol. The van der Waals surface area contributed by atoms with Gasteiger partial charge in [-0.3, -0.25) is 0 Å². The lowest BCUT2D eigenvalue weighted by molar-refractivity contribution is 0.0528. The molecule has 0 aliphatic carbocycles. The van der Waals surface area contributed by atoms with Crippen molar-refractivity contribution in [2.45, 2.75) is 6.92 Å². The summed E-state index contributed by atoms with van der Waals surface area (Å²) < 4.78 is 7.17. The summed E-state index contributed by atoms with van der Waals surface area (Å²) >= 11 is 0. The summed E-state index contributed by atoms with van der Waals surface area (Å²) in [4.78, 5) is 12.0. The van der Waals surface area contributed by atoms with Crippen LogP contribution in [0.15, 0.2) is 60.8 Å². The van der Waals surface area contributed by atoms with Gasteiger partial charge in [0, 0.05) is 17.3 Å². The molecular weight excluding hydrogens is 250 g/mol. The predicted molar refractivity (Wildman–Crippen MR) is 79.2 cm³/mol. The van der Waals surface area contributed by atoms with Crippen molar-refractivity contribution in [1.82, 2.24) is 4.57 Å². The Kier molecular flexibility index (Phi) is 3.25. The van der Waals surface area contributed by atoms with Crippen molar-refractivity contribution in [3.8, 4) is 5.69 Å². The molecule has 0 amide bonds. The molecular formula is C17H15NO2. The minimum Gasteiger partial charge on any atom is -0.462 e. The Bertz CT molecular complexity index is 744. The molecule has 3 rings (SSSR count). The van der Waals surface area contributed by atoms with E-state index >= 15 is 0 Å². The number of rotatable bonds is 3. The van der Waals surface area contributed by atoms with Crippen molar-refractivity contribution in [3.05, 3.63) is 66.4 Å². The van der Waals surface area contributed by atoms with Crippen LogP contribution in [0.3, 0.4) is 0 Å². The Hall–Kier alpha value is -2.55. The van der Waals surface area contributed by atoms with Crippen molar-refractivity contribution >= 4 is 16.9 Å². The third-order valence-corrected chi connectivity index (χ3v) is 3.26. The van der Waals surface area contributed by atoms with Gasteiger partial charge in [-0.15, -0.1) is 0 Å². The van der Waals surface area contributed by atoms with E-state index < -0.39 is 0 Å². The summed E-state index contributed by atoms with van der Waals surface area (Å²) in [6.07, 6.45) is 1.97. The number of fused-ring (bicyclic) bond motifs is 1. The van der Waals surface area contributed by atoms with E-state index in [1.54, 1.807) is 6.07 Å². The zero-order chi connectivity index (χ0) is 13.9. The van der Waals surface area contributed by atoms with E-state index in [1.165, 1.54) is 0 Å². The normalized spacial score (nSPS) is 10.7. The van der Waals surface area contributed by atoms with Crippen LogP contribution in [0.2, 0.25) is 0 Å². The van der Waals surface area contributed by atoms with Crippen LogP contribution in [0.5, 0.6) is 0 Å². The minimum atomic E-state index is -0.274. The first kappa shape index (κ1) is 12.5. The lowest BCUT2D eigenvalue weighted by Crippen LogP contribution is -2.05. The van der Waals surface area contributed by atoms with Crippen LogP contribution in [0.25, 0.3) is 16.6 Å². The molecule has 3 heteroatoms. The molecule has 2 aromatic carbocycles. The maximum atomic E-state index is 12.0. The Balaban J connectivity index is 2.15. The molecule has 20 heavy (non-hydrogen) atoms. The van der Waals surface area contributed by atoms with Gasteiger partial charge in [0.25, 0.3) is 0 Å². The van der Waals surface area contributed by atoms with Gasteiger partial charge in [0.05, 0.1) is 17.7 Å².